The highest BCUT2D eigenvalue weighted by Crippen LogP contribution is 2.47. The molecule has 6 fully saturated rings. The summed E-state index contributed by atoms with van der Waals surface area (Å²) in [6, 6.07) is 10.6. The van der Waals surface area contributed by atoms with Gasteiger partial charge in [0, 0.05) is 99.1 Å². The number of amides is 4. The number of anilines is 2. The number of nitrogens with zero attached hydrogens (tertiary/aromatic N) is 7. The number of terminal acetylenes is 1. The van der Waals surface area contributed by atoms with Gasteiger partial charge in [0.05, 0.1) is 28.3 Å². The van der Waals surface area contributed by atoms with E-state index < -0.39 is 17.7 Å². The van der Waals surface area contributed by atoms with E-state index in [0.29, 0.717) is 96.2 Å². The molecule has 0 radical (unpaired) electrons. The second-order valence-electron chi connectivity index (χ2n) is 20.7. The first-order valence-corrected chi connectivity index (χ1v) is 25.7. The van der Waals surface area contributed by atoms with E-state index >= 15 is 8.78 Å². The summed E-state index contributed by atoms with van der Waals surface area (Å²) in [5, 5.41) is 18.2. The molecule has 1 aliphatic carbocycles. The van der Waals surface area contributed by atoms with Crippen molar-refractivity contribution in [2.24, 2.45) is 17.3 Å². The summed E-state index contributed by atoms with van der Waals surface area (Å²) in [6.07, 6.45) is 16.4. The summed E-state index contributed by atoms with van der Waals surface area (Å²) in [7, 11) is 0. The lowest BCUT2D eigenvalue weighted by molar-refractivity contribution is -0.120. The number of hydrogen-bond donors (Lipinski definition) is 3. The van der Waals surface area contributed by atoms with Crippen LogP contribution < -0.4 is 25.2 Å². The van der Waals surface area contributed by atoms with Crippen molar-refractivity contribution >= 4 is 62.6 Å². The van der Waals surface area contributed by atoms with Crippen molar-refractivity contribution in [3.05, 3.63) is 76.4 Å². The molecule has 2 unspecified atom stereocenters. The SMILES string of the molecule is C#Cc1c(F)ccc2cc(O)cc(-c3ncc4c(N5CC6CCC(C5)N6)nc(OCC5(CN6CCC(COCCC7CCN(C(=O)c8ccc(Cl)c(N9CCC(=O)NC9=O)c8)CC7)CC6)CC5)nc4c3F)c12. The molecule has 7 heterocycles. The molecule has 11 rings (SSSR count). The molecule has 376 valence electrons. The molecule has 3 N–H and O–H groups in total. The Balaban J connectivity index is 0.677. The number of pyridine rings is 1. The molecular formula is C54H58ClF2N9O6. The van der Waals surface area contributed by atoms with Crippen LogP contribution in [-0.4, -0.2) is 132 Å². The van der Waals surface area contributed by atoms with Crippen LogP contribution in [0.25, 0.3) is 32.9 Å². The first-order valence-electron chi connectivity index (χ1n) is 25.3. The molecule has 15 nitrogen and oxygen atoms in total. The number of aromatic hydroxyl groups is 1. The topological polar surface area (TPSA) is 166 Å². The number of fused-ring (bicyclic) bond motifs is 4. The average molecular weight is 1000 g/mol. The fourth-order valence-electron chi connectivity index (χ4n) is 11.5. The van der Waals surface area contributed by atoms with Crippen molar-refractivity contribution in [3.8, 4) is 35.4 Å². The Morgan fingerprint density at radius 2 is 1.71 bits per heavy atom. The molecule has 2 aromatic heterocycles. The predicted molar refractivity (Wildman–Crippen MR) is 269 cm³/mol. The summed E-state index contributed by atoms with van der Waals surface area (Å²) in [6.45, 7) is 7.55. The summed E-state index contributed by atoms with van der Waals surface area (Å²) >= 11 is 6.41. The van der Waals surface area contributed by atoms with Crippen LogP contribution in [0.4, 0.5) is 25.1 Å². The van der Waals surface area contributed by atoms with Gasteiger partial charge < -0.3 is 34.6 Å². The number of hydrogen-bond acceptors (Lipinski definition) is 12. The largest absolute Gasteiger partial charge is 0.508 e. The van der Waals surface area contributed by atoms with E-state index in [1.165, 1.54) is 29.2 Å². The molecular weight excluding hydrogens is 944 g/mol. The van der Waals surface area contributed by atoms with E-state index in [-0.39, 0.29) is 69.7 Å². The van der Waals surface area contributed by atoms with Crippen LogP contribution in [0.1, 0.15) is 80.1 Å². The number of urea groups is 1. The Bertz CT molecular complexity index is 2980. The Morgan fingerprint density at radius 3 is 2.44 bits per heavy atom. The van der Waals surface area contributed by atoms with Crippen molar-refractivity contribution in [2.75, 3.05) is 82.0 Å². The van der Waals surface area contributed by atoms with Crippen LogP contribution in [0.2, 0.25) is 5.02 Å². The zero-order valence-electron chi connectivity index (χ0n) is 40.1. The summed E-state index contributed by atoms with van der Waals surface area (Å²) in [5.74, 6) is 2.00. The van der Waals surface area contributed by atoms with Crippen LogP contribution in [0, 0.1) is 41.2 Å². The molecule has 6 aliphatic rings. The smallest absolute Gasteiger partial charge is 0.328 e. The minimum atomic E-state index is -0.736. The van der Waals surface area contributed by atoms with E-state index in [0.717, 1.165) is 84.0 Å². The number of imide groups is 1. The number of piperidine rings is 2. The van der Waals surface area contributed by atoms with Crippen molar-refractivity contribution in [1.82, 2.24) is 35.4 Å². The molecule has 5 aromatic rings. The third-order valence-corrected chi connectivity index (χ3v) is 16.1. The van der Waals surface area contributed by atoms with E-state index in [1.54, 1.807) is 24.4 Å². The van der Waals surface area contributed by atoms with Crippen LogP contribution >= 0.6 is 11.6 Å². The zero-order chi connectivity index (χ0) is 49.7. The van der Waals surface area contributed by atoms with Gasteiger partial charge in [-0.2, -0.15) is 9.97 Å². The van der Waals surface area contributed by atoms with Crippen molar-refractivity contribution in [2.45, 2.75) is 76.3 Å². The molecule has 1 saturated carbocycles. The van der Waals surface area contributed by atoms with Gasteiger partial charge in [-0.05, 0) is 124 Å². The van der Waals surface area contributed by atoms with Gasteiger partial charge >= 0.3 is 12.0 Å². The number of halogens is 3. The number of carbonyl (C=O) groups is 3. The summed E-state index contributed by atoms with van der Waals surface area (Å²) < 4.78 is 44.9. The van der Waals surface area contributed by atoms with Gasteiger partial charge in [0.25, 0.3) is 5.91 Å². The van der Waals surface area contributed by atoms with Gasteiger partial charge in [0.15, 0.2) is 5.82 Å². The Labute approximate surface area is 421 Å². The van der Waals surface area contributed by atoms with E-state index in [9.17, 15) is 19.5 Å². The third kappa shape index (κ3) is 9.86. The van der Waals surface area contributed by atoms with Crippen LogP contribution in [0.5, 0.6) is 11.8 Å². The highest BCUT2D eigenvalue weighted by atomic mass is 35.5. The number of likely N-dealkylation sites (tertiary alicyclic amines) is 2. The minimum Gasteiger partial charge on any atom is -0.508 e. The number of nitrogens with one attached hydrogen (secondary N) is 2. The van der Waals surface area contributed by atoms with Crippen LogP contribution in [0.3, 0.4) is 0 Å². The highest BCUT2D eigenvalue weighted by Gasteiger charge is 2.46. The Kier molecular flexibility index (Phi) is 13.4. The first kappa shape index (κ1) is 48.1. The summed E-state index contributed by atoms with van der Waals surface area (Å²) in [5.41, 5.74) is 0.867. The number of benzene rings is 3. The van der Waals surface area contributed by atoms with Crippen molar-refractivity contribution < 1.29 is 37.7 Å². The molecule has 0 spiro atoms. The van der Waals surface area contributed by atoms with Gasteiger partial charge in [-0.25, -0.2) is 13.6 Å². The molecule has 4 amide bonds. The number of aromatic nitrogens is 3. The lowest BCUT2D eigenvalue weighted by Gasteiger charge is -2.35. The maximum Gasteiger partial charge on any atom is 0.328 e. The number of phenolic OH excluding ortho intramolecular Hbond substituents is 1. The maximum absolute atomic E-state index is 17.1. The molecule has 3 aromatic carbocycles. The van der Waals surface area contributed by atoms with E-state index in [4.69, 9.17) is 37.5 Å². The third-order valence-electron chi connectivity index (χ3n) is 15.8. The molecule has 5 aliphatic heterocycles. The number of ether oxygens (including phenoxy) is 2. The van der Waals surface area contributed by atoms with Gasteiger partial charge in [-0.15, -0.1) is 6.42 Å². The molecule has 2 atom stereocenters. The highest BCUT2D eigenvalue weighted by molar-refractivity contribution is 6.34. The number of piperazine rings is 1. The van der Waals surface area contributed by atoms with E-state index in [1.807, 2.05) is 4.90 Å². The number of carbonyl (C=O) groups excluding carboxylic acids is 3. The van der Waals surface area contributed by atoms with E-state index in [2.05, 4.69) is 31.3 Å². The Hall–Kier alpha value is -6.19. The predicted octanol–water partition coefficient (Wildman–Crippen LogP) is 7.68. The summed E-state index contributed by atoms with van der Waals surface area (Å²) in [4.78, 5) is 59.8. The van der Waals surface area contributed by atoms with Crippen molar-refractivity contribution in [3.63, 3.8) is 0 Å². The van der Waals surface area contributed by atoms with Gasteiger partial charge in [0.2, 0.25) is 5.91 Å². The van der Waals surface area contributed by atoms with Crippen LogP contribution in [0.15, 0.2) is 48.7 Å². The molecule has 2 bridgehead atoms. The molecule has 72 heavy (non-hydrogen) atoms. The second-order valence-corrected chi connectivity index (χ2v) is 21.1. The van der Waals surface area contributed by atoms with Crippen molar-refractivity contribution in [1.29, 1.82) is 0 Å². The van der Waals surface area contributed by atoms with Gasteiger partial charge in [-0.3, -0.25) is 24.8 Å². The average Bonchev–Trinajstić information content (AvgIpc) is 4.07. The van der Waals surface area contributed by atoms with Gasteiger partial charge in [0.1, 0.15) is 28.6 Å². The fraction of sp³-hybridized carbons (Fsp3) is 0.481. The molecule has 18 heteroatoms. The number of phenols is 1. The minimum absolute atomic E-state index is 0.0330. The first-order chi connectivity index (χ1) is 34.9. The van der Waals surface area contributed by atoms with Crippen LogP contribution in [-0.2, 0) is 9.53 Å². The Morgan fingerprint density at radius 1 is 0.944 bits per heavy atom. The molecule has 5 saturated heterocycles. The lowest BCUT2D eigenvalue weighted by Crippen LogP contribution is -2.51. The maximum atomic E-state index is 17.1. The monoisotopic (exact) mass is 1000 g/mol. The lowest BCUT2D eigenvalue weighted by atomic mass is 9.93. The normalized spacial score (nSPS) is 21.6. The standard InChI is InChI=1S/C54H58ClF2N9O6/c1-2-39-43(56)8-4-34-23-38(67)25-40(46(34)39)48-47(57)49-41(26-58-48)50(65-27-36-5-6-37(28-65)59-36)62-52(61-49)72-31-54(15-16-54)30-63-17-9-33(10-18-63)29-71-22-14-32-11-19-64(20-12-32)51(69)35-3-7-42(55)44(24-35)66-21-13-45(68)60-53(66)70/h1,3-4,7-8,23-26,32-33,36-37,59,67H,5-6,9-22,27-31H2,(H,60,68,70). The number of rotatable bonds is 14. The zero-order valence-corrected chi connectivity index (χ0v) is 40.9. The van der Waals surface area contributed by atoms with Gasteiger partial charge in [-0.1, -0.05) is 23.6 Å². The second kappa shape index (κ2) is 20.0. The fourth-order valence-corrected chi connectivity index (χ4v) is 11.7. The quantitative estimate of drug-likeness (QED) is 0.0736.